The first-order chi connectivity index (χ1) is 6.86. The molecule has 14 heavy (non-hydrogen) atoms. The Bertz CT molecular complexity index is 134. The van der Waals surface area contributed by atoms with Crippen molar-refractivity contribution >= 4 is 0 Å². The molecule has 1 unspecified atom stereocenters. The maximum absolute atomic E-state index is 5.09. The fourth-order valence-corrected chi connectivity index (χ4v) is 1.88. The average Bonchev–Trinajstić information content (AvgIpc) is 2.98. The molecule has 0 aromatic heterocycles. The zero-order chi connectivity index (χ0) is 10.2. The number of nitrogens with one attached hydrogen (secondary N) is 1. The van der Waals surface area contributed by atoms with Gasteiger partial charge in [0.2, 0.25) is 0 Å². The van der Waals surface area contributed by atoms with Gasteiger partial charge in [-0.1, -0.05) is 19.8 Å². The fourth-order valence-electron chi connectivity index (χ4n) is 1.88. The van der Waals surface area contributed by atoms with E-state index >= 15 is 0 Å². The van der Waals surface area contributed by atoms with E-state index in [0.29, 0.717) is 0 Å². The molecule has 2 nitrogen and oxygen atoms in total. The Morgan fingerprint density at radius 1 is 1.43 bits per heavy atom. The summed E-state index contributed by atoms with van der Waals surface area (Å²) >= 11 is 0. The van der Waals surface area contributed by atoms with Gasteiger partial charge in [0.15, 0.2) is 0 Å². The lowest BCUT2D eigenvalue weighted by Gasteiger charge is -2.17. The smallest absolute Gasteiger partial charge is 0.0462 e. The van der Waals surface area contributed by atoms with E-state index in [-0.39, 0.29) is 0 Å². The number of hydrogen-bond acceptors (Lipinski definition) is 2. The molecule has 0 bridgehead atoms. The minimum Gasteiger partial charge on any atom is -0.385 e. The maximum Gasteiger partial charge on any atom is 0.0462 e. The van der Waals surface area contributed by atoms with Crippen LogP contribution in [0.3, 0.4) is 0 Å². The highest BCUT2D eigenvalue weighted by Crippen LogP contribution is 2.34. The number of rotatable bonds is 9. The first kappa shape index (κ1) is 12.0. The van der Waals surface area contributed by atoms with Crippen molar-refractivity contribution in [3.05, 3.63) is 0 Å². The molecule has 0 spiro atoms. The summed E-state index contributed by atoms with van der Waals surface area (Å²) in [7, 11) is 1.79. The van der Waals surface area contributed by atoms with Crippen LogP contribution in [0.15, 0.2) is 0 Å². The highest BCUT2D eigenvalue weighted by atomic mass is 16.5. The maximum atomic E-state index is 5.09. The molecule has 84 valence electrons. The molecule has 0 aromatic carbocycles. The molecule has 1 saturated carbocycles. The molecule has 0 aliphatic heterocycles. The first-order valence-corrected chi connectivity index (χ1v) is 6.09. The van der Waals surface area contributed by atoms with Gasteiger partial charge in [-0.25, -0.2) is 0 Å². The second kappa shape index (κ2) is 7.24. The van der Waals surface area contributed by atoms with Crippen LogP contribution in [-0.2, 0) is 4.74 Å². The topological polar surface area (TPSA) is 21.3 Å². The molecule has 1 fully saturated rings. The van der Waals surface area contributed by atoms with E-state index in [4.69, 9.17) is 4.74 Å². The molecule has 1 rings (SSSR count). The van der Waals surface area contributed by atoms with Crippen LogP contribution in [0.2, 0.25) is 0 Å². The van der Waals surface area contributed by atoms with Gasteiger partial charge in [-0.15, -0.1) is 0 Å². The summed E-state index contributed by atoms with van der Waals surface area (Å²) in [6.45, 7) is 4.32. The summed E-state index contributed by atoms with van der Waals surface area (Å²) in [5.41, 5.74) is 0. The van der Waals surface area contributed by atoms with Crippen LogP contribution >= 0.6 is 0 Å². The van der Waals surface area contributed by atoms with Gasteiger partial charge in [0, 0.05) is 19.8 Å². The lowest BCUT2D eigenvalue weighted by atomic mass is 10.1. The van der Waals surface area contributed by atoms with Gasteiger partial charge in [0.05, 0.1) is 0 Å². The second-order valence-electron chi connectivity index (χ2n) is 4.47. The van der Waals surface area contributed by atoms with Crippen LogP contribution in [0.1, 0.15) is 45.4 Å². The third-order valence-electron chi connectivity index (χ3n) is 2.90. The van der Waals surface area contributed by atoms with E-state index in [1.165, 1.54) is 45.1 Å². The molecule has 0 radical (unpaired) electrons. The summed E-state index contributed by atoms with van der Waals surface area (Å²) in [5, 5.41) is 3.64. The van der Waals surface area contributed by atoms with Gasteiger partial charge in [-0.2, -0.15) is 0 Å². The van der Waals surface area contributed by atoms with E-state index in [2.05, 4.69) is 12.2 Å². The van der Waals surface area contributed by atoms with Crippen LogP contribution in [0, 0.1) is 5.92 Å². The van der Waals surface area contributed by atoms with E-state index in [9.17, 15) is 0 Å². The Morgan fingerprint density at radius 2 is 2.21 bits per heavy atom. The van der Waals surface area contributed by atoms with E-state index in [1.807, 2.05) is 0 Å². The molecule has 0 saturated heterocycles. The van der Waals surface area contributed by atoms with Crippen molar-refractivity contribution in [3.8, 4) is 0 Å². The average molecular weight is 199 g/mol. The number of hydrogen-bond donors (Lipinski definition) is 1. The van der Waals surface area contributed by atoms with Crippen LogP contribution in [0.25, 0.3) is 0 Å². The molecule has 0 amide bonds. The van der Waals surface area contributed by atoms with Crippen LogP contribution < -0.4 is 5.32 Å². The zero-order valence-electron chi connectivity index (χ0n) is 9.72. The van der Waals surface area contributed by atoms with Gasteiger partial charge < -0.3 is 10.1 Å². The Balaban J connectivity index is 2.06. The number of methoxy groups -OCH3 is 1. The fraction of sp³-hybridized carbons (Fsp3) is 1.00. The zero-order valence-corrected chi connectivity index (χ0v) is 9.72. The van der Waals surface area contributed by atoms with Crippen molar-refractivity contribution in [2.24, 2.45) is 5.92 Å². The summed E-state index contributed by atoms with van der Waals surface area (Å²) < 4.78 is 5.09. The minimum absolute atomic E-state index is 0.748. The van der Waals surface area contributed by atoms with Crippen molar-refractivity contribution in [1.29, 1.82) is 0 Å². The molecule has 1 aliphatic rings. The molecular formula is C12H25NO. The highest BCUT2D eigenvalue weighted by Gasteiger charge is 2.24. The molecule has 0 heterocycles. The lowest BCUT2D eigenvalue weighted by molar-refractivity contribution is 0.187. The Kier molecular flexibility index (Phi) is 6.20. The summed E-state index contributed by atoms with van der Waals surface area (Å²) in [5.74, 6) is 1.03. The molecule has 1 N–H and O–H groups in total. The van der Waals surface area contributed by atoms with Crippen LogP contribution in [0.5, 0.6) is 0 Å². The van der Waals surface area contributed by atoms with Gasteiger partial charge >= 0.3 is 0 Å². The third kappa shape index (κ3) is 5.61. The predicted molar refractivity (Wildman–Crippen MR) is 60.5 cm³/mol. The predicted octanol–water partition coefficient (Wildman–Crippen LogP) is 2.58. The molecular weight excluding hydrogens is 174 g/mol. The Morgan fingerprint density at radius 3 is 2.79 bits per heavy atom. The van der Waals surface area contributed by atoms with Crippen molar-refractivity contribution in [1.82, 2.24) is 5.32 Å². The molecule has 1 aliphatic carbocycles. The van der Waals surface area contributed by atoms with E-state index in [0.717, 1.165) is 18.6 Å². The van der Waals surface area contributed by atoms with Crippen LogP contribution in [0.4, 0.5) is 0 Å². The van der Waals surface area contributed by atoms with Crippen molar-refractivity contribution in [3.63, 3.8) is 0 Å². The summed E-state index contributed by atoms with van der Waals surface area (Å²) in [6.07, 6.45) is 8.05. The van der Waals surface area contributed by atoms with Gasteiger partial charge in [0.25, 0.3) is 0 Å². The van der Waals surface area contributed by atoms with Crippen molar-refractivity contribution in [2.45, 2.75) is 51.5 Å². The normalized spacial score (nSPS) is 18.4. The molecule has 2 heteroatoms. The Hall–Kier alpha value is -0.0800. The molecule has 0 aromatic rings. The lowest BCUT2D eigenvalue weighted by Crippen LogP contribution is -2.30. The second-order valence-corrected chi connectivity index (χ2v) is 4.47. The van der Waals surface area contributed by atoms with Gasteiger partial charge in [0.1, 0.15) is 0 Å². The minimum atomic E-state index is 0.748. The molecule has 1 atom stereocenters. The Labute approximate surface area is 88.4 Å². The quantitative estimate of drug-likeness (QED) is 0.576. The SMILES string of the molecule is CCCNC(CCCOC)CC1CC1. The standard InChI is InChI=1S/C12H25NO/c1-3-8-13-12(5-4-9-14-2)10-11-6-7-11/h11-13H,3-10H2,1-2H3. The largest absolute Gasteiger partial charge is 0.385 e. The van der Waals surface area contributed by atoms with E-state index < -0.39 is 0 Å². The van der Waals surface area contributed by atoms with Crippen molar-refractivity contribution in [2.75, 3.05) is 20.3 Å². The van der Waals surface area contributed by atoms with Gasteiger partial charge in [-0.3, -0.25) is 0 Å². The first-order valence-electron chi connectivity index (χ1n) is 6.09. The van der Waals surface area contributed by atoms with Gasteiger partial charge in [-0.05, 0) is 38.1 Å². The highest BCUT2D eigenvalue weighted by molar-refractivity contribution is 4.80. The third-order valence-corrected chi connectivity index (χ3v) is 2.90. The van der Waals surface area contributed by atoms with E-state index in [1.54, 1.807) is 7.11 Å². The number of ether oxygens (including phenoxy) is 1. The van der Waals surface area contributed by atoms with Crippen LogP contribution in [-0.4, -0.2) is 26.3 Å². The van der Waals surface area contributed by atoms with Crippen molar-refractivity contribution < 1.29 is 4.74 Å². The summed E-state index contributed by atoms with van der Waals surface area (Å²) in [6, 6.07) is 0.748. The monoisotopic (exact) mass is 199 g/mol. The summed E-state index contributed by atoms with van der Waals surface area (Å²) in [4.78, 5) is 0.